The van der Waals surface area contributed by atoms with Gasteiger partial charge in [0.15, 0.2) is 0 Å². The van der Waals surface area contributed by atoms with Crippen molar-refractivity contribution in [3.05, 3.63) is 64.4 Å². The Balaban J connectivity index is 2.25. The number of fused-ring (bicyclic) bond motifs is 1. The number of nitrogens with two attached hydrogens (primary N) is 1. The lowest BCUT2D eigenvalue weighted by Crippen LogP contribution is -2.30. The predicted molar refractivity (Wildman–Crippen MR) is 85.7 cm³/mol. The monoisotopic (exact) mass is 279 g/mol. The van der Waals surface area contributed by atoms with Crippen LogP contribution in [0.2, 0.25) is 0 Å². The summed E-state index contributed by atoms with van der Waals surface area (Å²) in [5.41, 5.74) is 2.66. The highest BCUT2D eigenvalue weighted by Crippen LogP contribution is 2.26. The minimum atomic E-state index is -0.284. The first-order valence-electron chi connectivity index (χ1n) is 6.95. The lowest BCUT2D eigenvalue weighted by molar-refractivity contribution is 0.781. The molecule has 0 fully saturated rings. The third-order valence-corrected chi connectivity index (χ3v) is 3.68. The van der Waals surface area contributed by atoms with Gasteiger partial charge in [-0.25, -0.2) is 0 Å². The summed E-state index contributed by atoms with van der Waals surface area (Å²) in [5, 5.41) is 5.63. The van der Waals surface area contributed by atoms with Crippen LogP contribution in [0.25, 0.3) is 22.0 Å². The van der Waals surface area contributed by atoms with E-state index in [1.54, 1.807) is 6.07 Å². The highest BCUT2D eigenvalue weighted by molar-refractivity contribution is 5.93. The number of nitrogen functional groups attached to an aromatic ring is 1. The Morgan fingerprint density at radius 3 is 2.24 bits per heavy atom. The van der Waals surface area contributed by atoms with Gasteiger partial charge in [0, 0.05) is 10.9 Å². The molecular formula is C17H17N3O. The Labute approximate surface area is 122 Å². The molecule has 3 aromatic rings. The smallest absolute Gasteiger partial charge is 0.293 e. The van der Waals surface area contributed by atoms with E-state index in [2.05, 4.69) is 31.1 Å². The highest BCUT2D eigenvalue weighted by atomic mass is 16.1. The SMILES string of the molecule is CC(C)c1ccc(-c2nn(N)c(=O)c3ccccc23)cc1. The van der Waals surface area contributed by atoms with Crippen molar-refractivity contribution in [2.24, 2.45) is 0 Å². The second-order valence-corrected chi connectivity index (χ2v) is 5.42. The average molecular weight is 279 g/mol. The molecule has 0 atom stereocenters. The molecule has 2 aromatic carbocycles. The molecule has 0 radical (unpaired) electrons. The van der Waals surface area contributed by atoms with Crippen LogP contribution >= 0.6 is 0 Å². The zero-order valence-corrected chi connectivity index (χ0v) is 12.1. The fourth-order valence-electron chi connectivity index (χ4n) is 2.45. The van der Waals surface area contributed by atoms with E-state index in [9.17, 15) is 4.79 Å². The van der Waals surface area contributed by atoms with Gasteiger partial charge in [-0.05, 0) is 17.5 Å². The summed E-state index contributed by atoms with van der Waals surface area (Å²) in [4.78, 5) is 12.9. The molecule has 21 heavy (non-hydrogen) atoms. The van der Waals surface area contributed by atoms with Crippen LogP contribution in [-0.2, 0) is 0 Å². The van der Waals surface area contributed by atoms with Gasteiger partial charge < -0.3 is 5.84 Å². The summed E-state index contributed by atoms with van der Waals surface area (Å²) >= 11 is 0. The fraction of sp³-hybridized carbons (Fsp3) is 0.176. The quantitative estimate of drug-likeness (QED) is 0.734. The number of rotatable bonds is 2. The van der Waals surface area contributed by atoms with Gasteiger partial charge in [-0.1, -0.05) is 56.3 Å². The molecule has 1 heterocycles. The van der Waals surface area contributed by atoms with Crippen LogP contribution in [0.15, 0.2) is 53.3 Å². The standard InChI is InChI=1S/C17H17N3O/c1-11(2)12-7-9-13(10-8-12)16-14-5-3-4-6-15(14)17(21)20(18)19-16/h3-11H,18H2,1-2H3. The number of hydrogen-bond acceptors (Lipinski definition) is 3. The van der Waals surface area contributed by atoms with Crippen molar-refractivity contribution in [2.45, 2.75) is 19.8 Å². The number of benzene rings is 2. The van der Waals surface area contributed by atoms with Gasteiger partial charge >= 0.3 is 0 Å². The second kappa shape index (κ2) is 5.05. The minimum Gasteiger partial charge on any atom is -0.320 e. The number of aromatic nitrogens is 2. The topological polar surface area (TPSA) is 60.9 Å². The van der Waals surface area contributed by atoms with Crippen LogP contribution in [0.4, 0.5) is 0 Å². The molecule has 0 aliphatic heterocycles. The van der Waals surface area contributed by atoms with Gasteiger partial charge in [-0.15, -0.1) is 9.89 Å². The van der Waals surface area contributed by atoms with E-state index in [0.29, 0.717) is 11.3 Å². The van der Waals surface area contributed by atoms with Crippen LogP contribution < -0.4 is 11.4 Å². The molecule has 4 nitrogen and oxygen atoms in total. The summed E-state index contributed by atoms with van der Waals surface area (Å²) < 4.78 is 0. The van der Waals surface area contributed by atoms with Gasteiger partial charge in [-0.3, -0.25) is 4.79 Å². The molecule has 0 bridgehead atoms. The van der Waals surface area contributed by atoms with Crippen LogP contribution in [0.5, 0.6) is 0 Å². The van der Waals surface area contributed by atoms with Crippen LogP contribution in [0, 0.1) is 0 Å². The maximum Gasteiger partial charge on any atom is 0.293 e. The Hall–Kier alpha value is -2.62. The molecule has 3 rings (SSSR count). The van der Waals surface area contributed by atoms with E-state index in [0.717, 1.165) is 21.4 Å². The molecule has 0 amide bonds. The van der Waals surface area contributed by atoms with Crippen molar-refractivity contribution in [1.82, 2.24) is 9.89 Å². The number of hydrogen-bond donors (Lipinski definition) is 1. The van der Waals surface area contributed by atoms with E-state index in [4.69, 9.17) is 5.84 Å². The molecule has 106 valence electrons. The highest BCUT2D eigenvalue weighted by Gasteiger charge is 2.11. The molecular weight excluding hydrogens is 262 g/mol. The first-order chi connectivity index (χ1) is 10.1. The van der Waals surface area contributed by atoms with Crippen LogP contribution in [-0.4, -0.2) is 9.89 Å². The van der Waals surface area contributed by atoms with Gasteiger partial charge in [-0.2, -0.15) is 0 Å². The predicted octanol–water partition coefficient (Wildman–Crippen LogP) is 2.90. The number of nitrogens with zero attached hydrogens (tertiary/aromatic N) is 2. The van der Waals surface area contributed by atoms with E-state index in [-0.39, 0.29) is 5.56 Å². The fourth-order valence-corrected chi connectivity index (χ4v) is 2.45. The lowest BCUT2D eigenvalue weighted by Gasteiger charge is -2.10. The average Bonchev–Trinajstić information content (AvgIpc) is 2.51. The van der Waals surface area contributed by atoms with Crippen molar-refractivity contribution >= 4 is 10.8 Å². The Morgan fingerprint density at radius 1 is 1.00 bits per heavy atom. The molecule has 0 aliphatic carbocycles. The molecule has 2 N–H and O–H groups in total. The Bertz CT molecular complexity index is 848. The summed E-state index contributed by atoms with van der Waals surface area (Å²) in [6.45, 7) is 4.31. The zero-order valence-electron chi connectivity index (χ0n) is 12.1. The normalized spacial score (nSPS) is 11.2. The van der Waals surface area contributed by atoms with E-state index >= 15 is 0 Å². The van der Waals surface area contributed by atoms with E-state index in [1.165, 1.54) is 5.56 Å². The maximum atomic E-state index is 12.0. The second-order valence-electron chi connectivity index (χ2n) is 5.42. The van der Waals surface area contributed by atoms with Crippen molar-refractivity contribution in [3.63, 3.8) is 0 Å². The van der Waals surface area contributed by atoms with Gasteiger partial charge in [0.25, 0.3) is 5.56 Å². The van der Waals surface area contributed by atoms with Crippen molar-refractivity contribution < 1.29 is 0 Å². The van der Waals surface area contributed by atoms with E-state index in [1.807, 2.05) is 30.3 Å². The Kier molecular flexibility index (Phi) is 3.22. The molecule has 0 spiro atoms. The molecule has 0 unspecified atom stereocenters. The summed E-state index contributed by atoms with van der Waals surface area (Å²) in [6, 6.07) is 15.6. The molecule has 0 saturated heterocycles. The maximum absolute atomic E-state index is 12.0. The van der Waals surface area contributed by atoms with Gasteiger partial charge in [0.2, 0.25) is 0 Å². The summed E-state index contributed by atoms with van der Waals surface area (Å²) in [6.07, 6.45) is 0. The largest absolute Gasteiger partial charge is 0.320 e. The Morgan fingerprint density at radius 2 is 1.62 bits per heavy atom. The first-order valence-corrected chi connectivity index (χ1v) is 6.95. The van der Waals surface area contributed by atoms with Gasteiger partial charge in [0.1, 0.15) is 5.69 Å². The molecule has 0 aliphatic rings. The molecule has 1 aromatic heterocycles. The lowest BCUT2D eigenvalue weighted by atomic mass is 9.99. The summed E-state index contributed by atoms with van der Waals surface area (Å²) in [5.74, 6) is 6.17. The summed E-state index contributed by atoms with van der Waals surface area (Å²) in [7, 11) is 0. The minimum absolute atomic E-state index is 0.284. The zero-order chi connectivity index (χ0) is 15.0. The van der Waals surface area contributed by atoms with Crippen molar-refractivity contribution in [2.75, 3.05) is 5.84 Å². The van der Waals surface area contributed by atoms with Crippen LogP contribution in [0.1, 0.15) is 25.3 Å². The van der Waals surface area contributed by atoms with Crippen molar-refractivity contribution in [3.8, 4) is 11.3 Å². The van der Waals surface area contributed by atoms with Gasteiger partial charge in [0.05, 0.1) is 5.39 Å². The van der Waals surface area contributed by atoms with E-state index < -0.39 is 0 Å². The third kappa shape index (κ3) is 2.29. The first kappa shape index (κ1) is 13.4. The van der Waals surface area contributed by atoms with Crippen molar-refractivity contribution in [1.29, 1.82) is 0 Å². The molecule has 4 heteroatoms. The van der Waals surface area contributed by atoms with Crippen LogP contribution in [0.3, 0.4) is 0 Å². The molecule has 0 saturated carbocycles. The third-order valence-electron chi connectivity index (χ3n) is 3.68.